The summed E-state index contributed by atoms with van der Waals surface area (Å²) in [5.41, 5.74) is 0.0705. The summed E-state index contributed by atoms with van der Waals surface area (Å²) >= 11 is 0. The summed E-state index contributed by atoms with van der Waals surface area (Å²) in [5, 5.41) is 3.13. The van der Waals surface area contributed by atoms with Gasteiger partial charge < -0.3 is 10.2 Å². The maximum absolute atomic E-state index is 12.6. The highest BCUT2D eigenvalue weighted by Gasteiger charge is 2.29. The van der Waals surface area contributed by atoms with E-state index in [-0.39, 0.29) is 0 Å². The van der Waals surface area contributed by atoms with Crippen LogP contribution in [0, 0.1) is 0 Å². The molecule has 1 atom stereocenters. The van der Waals surface area contributed by atoms with Crippen LogP contribution in [0.1, 0.15) is 11.1 Å². The van der Waals surface area contributed by atoms with Gasteiger partial charge in [-0.3, -0.25) is 9.20 Å². The molecule has 2 aromatic carbocycles. The first kappa shape index (κ1) is 21.0. The van der Waals surface area contributed by atoms with E-state index in [1.165, 1.54) is 12.1 Å². The van der Waals surface area contributed by atoms with Crippen LogP contribution in [0.5, 0.6) is 0 Å². The predicted molar refractivity (Wildman–Crippen MR) is 102 cm³/mol. The topological polar surface area (TPSA) is 44.7 Å². The minimum atomic E-state index is -4.34. The molecule has 146 valence electrons. The van der Waals surface area contributed by atoms with Gasteiger partial charge in [0.2, 0.25) is 0 Å². The van der Waals surface area contributed by atoms with E-state index in [0.717, 1.165) is 22.6 Å². The molecule has 0 amide bonds. The van der Waals surface area contributed by atoms with Crippen molar-refractivity contribution in [1.29, 1.82) is 0 Å². The third kappa shape index (κ3) is 6.39. The average molecular weight is 397 g/mol. The summed E-state index contributed by atoms with van der Waals surface area (Å²) in [6.07, 6.45) is -4.34. The largest absolute Gasteiger partial charge is 0.416 e. The maximum Gasteiger partial charge on any atom is 0.416 e. The SMILES string of the molecule is CN=C(NCCS(=O)c1ccccc1)N(C)Cc1ccc(C(F)(F)F)cc1. The van der Waals surface area contributed by atoms with E-state index in [0.29, 0.717) is 24.8 Å². The van der Waals surface area contributed by atoms with Crippen LogP contribution < -0.4 is 5.32 Å². The average Bonchev–Trinajstić information content (AvgIpc) is 2.65. The highest BCUT2D eigenvalue weighted by atomic mass is 32.2. The van der Waals surface area contributed by atoms with Crippen molar-refractivity contribution < 1.29 is 17.4 Å². The Morgan fingerprint density at radius 1 is 1.11 bits per heavy atom. The Morgan fingerprint density at radius 3 is 2.30 bits per heavy atom. The number of benzene rings is 2. The fraction of sp³-hybridized carbons (Fsp3) is 0.316. The first-order chi connectivity index (χ1) is 12.8. The number of hydrogen-bond donors (Lipinski definition) is 1. The van der Waals surface area contributed by atoms with Gasteiger partial charge in [-0.1, -0.05) is 30.3 Å². The Labute approximate surface area is 159 Å². The lowest BCUT2D eigenvalue weighted by atomic mass is 10.1. The molecule has 0 saturated heterocycles. The number of guanidine groups is 1. The maximum atomic E-state index is 12.6. The van der Waals surface area contributed by atoms with Crippen LogP contribution in [-0.4, -0.2) is 41.5 Å². The van der Waals surface area contributed by atoms with Gasteiger partial charge in [-0.15, -0.1) is 0 Å². The minimum absolute atomic E-state index is 0.402. The Bertz CT molecular complexity index is 777. The Morgan fingerprint density at radius 2 is 1.74 bits per heavy atom. The van der Waals surface area contributed by atoms with Crippen LogP contribution in [-0.2, 0) is 23.5 Å². The summed E-state index contributed by atoms with van der Waals surface area (Å²) < 4.78 is 50.1. The molecule has 8 heteroatoms. The van der Waals surface area contributed by atoms with Crippen molar-refractivity contribution in [1.82, 2.24) is 10.2 Å². The third-order valence-corrected chi connectivity index (χ3v) is 5.22. The van der Waals surface area contributed by atoms with Gasteiger partial charge in [-0.25, -0.2) is 0 Å². The van der Waals surface area contributed by atoms with Crippen molar-refractivity contribution in [2.24, 2.45) is 4.99 Å². The second kappa shape index (κ2) is 9.55. The van der Waals surface area contributed by atoms with Crippen LogP contribution in [0.2, 0.25) is 0 Å². The molecule has 0 spiro atoms. The van der Waals surface area contributed by atoms with Crippen molar-refractivity contribution in [2.45, 2.75) is 17.6 Å². The van der Waals surface area contributed by atoms with Gasteiger partial charge in [0.25, 0.3) is 0 Å². The zero-order chi connectivity index (χ0) is 19.9. The molecule has 0 fully saturated rings. The second-order valence-corrected chi connectivity index (χ2v) is 7.46. The summed E-state index contributed by atoms with van der Waals surface area (Å²) in [5.74, 6) is 1.01. The molecule has 0 aliphatic carbocycles. The fourth-order valence-electron chi connectivity index (χ4n) is 2.48. The Hall–Kier alpha value is -2.35. The molecule has 0 aliphatic rings. The number of rotatable bonds is 6. The minimum Gasteiger partial charge on any atom is -0.355 e. The van der Waals surface area contributed by atoms with Crippen LogP contribution in [0.4, 0.5) is 13.2 Å². The molecule has 1 N–H and O–H groups in total. The molecule has 2 aromatic rings. The standard InChI is InChI=1S/C19H22F3N3OS/c1-23-18(24-12-13-27(26)17-6-4-3-5-7-17)25(2)14-15-8-10-16(11-9-15)19(20,21)22/h3-11H,12-14H2,1-2H3,(H,23,24). The fourth-order valence-corrected chi connectivity index (χ4v) is 3.46. The first-order valence-electron chi connectivity index (χ1n) is 8.32. The van der Waals surface area contributed by atoms with E-state index in [1.54, 1.807) is 19.0 Å². The quantitative estimate of drug-likeness (QED) is 0.599. The summed E-state index contributed by atoms with van der Waals surface area (Å²) in [4.78, 5) is 6.73. The normalized spacial score (nSPS) is 13.3. The molecular formula is C19H22F3N3OS. The second-order valence-electron chi connectivity index (χ2n) is 5.89. The van der Waals surface area contributed by atoms with E-state index in [1.807, 2.05) is 30.3 Å². The van der Waals surface area contributed by atoms with Crippen molar-refractivity contribution in [3.8, 4) is 0 Å². The number of nitrogens with one attached hydrogen (secondary N) is 1. The molecule has 0 aliphatic heterocycles. The van der Waals surface area contributed by atoms with Gasteiger partial charge in [-0.2, -0.15) is 13.2 Å². The van der Waals surface area contributed by atoms with Crippen molar-refractivity contribution in [3.63, 3.8) is 0 Å². The van der Waals surface area contributed by atoms with Gasteiger partial charge in [0.1, 0.15) is 0 Å². The van der Waals surface area contributed by atoms with E-state index >= 15 is 0 Å². The van der Waals surface area contributed by atoms with Crippen LogP contribution in [0.15, 0.2) is 64.5 Å². The smallest absolute Gasteiger partial charge is 0.355 e. The van der Waals surface area contributed by atoms with Gasteiger partial charge in [0, 0.05) is 37.8 Å². The lowest BCUT2D eigenvalue weighted by Crippen LogP contribution is -2.40. The number of hydrogen-bond acceptors (Lipinski definition) is 2. The van der Waals surface area contributed by atoms with E-state index in [4.69, 9.17) is 0 Å². The summed E-state index contributed by atoms with van der Waals surface area (Å²) in [6, 6.07) is 14.3. The van der Waals surface area contributed by atoms with Gasteiger partial charge in [0.15, 0.2) is 5.96 Å². The molecule has 27 heavy (non-hydrogen) atoms. The van der Waals surface area contributed by atoms with Crippen LogP contribution in [0.3, 0.4) is 0 Å². The summed E-state index contributed by atoms with van der Waals surface area (Å²) in [6.45, 7) is 0.866. The molecule has 2 rings (SSSR count). The van der Waals surface area contributed by atoms with Crippen molar-refractivity contribution in [3.05, 3.63) is 65.7 Å². The van der Waals surface area contributed by atoms with E-state index in [9.17, 15) is 17.4 Å². The molecule has 0 heterocycles. The lowest BCUT2D eigenvalue weighted by Gasteiger charge is -2.22. The first-order valence-corrected chi connectivity index (χ1v) is 9.64. The van der Waals surface area contributed by atoms with E-state index in [2.05, 4.69) is 10.3 Å². The number of alkyl halides is 3. The lowest BCUT2D eigenvalue weighted by molar-refractivity contribution is -0.137. The zero-order valence-corrected chi connectivity index (χ0v) is 16.0. The molecule has 0 radical (unpaired) electrons. The van der Waals surface area contributed by atoms with Crippen molar-refractivity contribution >= 4 is 16.8 Å². The van der Waals surface area contributed by atoms with E-state index < -0.39 is 22.5 Å². The van der Waals surface area contributed by atoms with Gasteiger partial charge >= 0.3 is 6.18 Å². The summed E-state index contributed by atoms with van der Waals surface area (Å²) in [7, 11) is 2.31. The highest BCUT2D eigenvalue weighted by molar-refractivity contribution is 7.85. The zero-order valence-electron chi connectivity index (χ0n) is 15.2. The van der Waals surface area contributed by atoms with Gasteiger partial charge in [0.05, 0.1) is 16.4 Å². The Balaban J connectivity index is 1.87. The third-order valence-electron chi connectivity index (χ3n) is 3.85. The Kier molecular flexibility index (Phi) is 7.41. The number of halogens is 3. The molecule has 1 unspecified atom stereocenters. The van der Waals surface area contributed by atoms with Crippen LogP contribution >= 0.6 is 0 Å². The highest BCUT2D eigenvalue weighted by Crippen LogP contribution is 2.29. The molecule has 0 bridgehead atoms. The number of aliphatic imine (C=N–C) groups is 1. The monoisotopic (exact) mass is 397 g/mol. The van der Waals surface area contributed by atoms with Crippen LogP contribution in [0.25, 0.3) is 0 Å². The number of nitrogens with zero attached hydrogens (tertiary/aromatic N) is 2. The molecule has 4 nitrogen and oxygen atoms in total. The molecule has 0 aromatic heterocycles. The van der Waals surface area contributed by atoms with Gasteiger partial charge in [-0.05, 0) is 29.8 Å². The predicted octanol–water partition coefficient (Wildman–Crippen LogP) is 3.52. The van der Waals surface area contributed by atoms with Crippen molar-refractivity contribution in [2.75, 3.05) is 26.4 Å². The molecular weight excluding hydrogens is 375 g/mol. The molecule has 0 saturated carbocycles.